The molecule has 0 amide bonds. The Morgan fingerprint density at radius 3 is 2.77 bits per heavy atom. The lowest BCUT2D eigenvalue weighted by Gasteiger charge is -2.15. The van der Waals surface area contributed by atoms with E-state index in [-0.39, 0.29) is 6.04 Å². The maximum atomic E-state index is 9.59. The van der Waals surface area contributed by atoms with Crippen molar-refractivity contribution in [1.29, 1.82) is 5.26 Å². The molecule has 1 fully saturated rings. The largest absolute Gasteiger partial charge is 0.379 e. The van der Waals surface area contributed by atoms with Crippen LogP contribution in [-0.2, 0) is 11.3 Å². The second-order valence-corrected chi connectivity index (χ2v) is 8.79. The zero-order chi connectivity index (χ0) is 23.8. The highest BCUT2D eigenvalue weighted by atomic mass is 16.5. The van der Waals surface area contributed by atoms with Crippen LogP contribution in [0.15, 0.2) is 66.7 Å². The monoisotopic (exact) mass is 463 g/mol. The van der Waals surface area contributed by atoms with E-state index in [1.165, 1.54) is 5.56 Å². The fraction of sp³-hybridized carbons (Fsp3) is 0.222. The lowest BCUT2D eigenvalue weighted by Crippen LogP contribution is -2.21. The molecule has 1 unspecified atom stereocenters. The Labute approximate surface area is 202 Å². The van der Waals surface area contributed by atoms with Gasteiger partial charge < -0.3 is 15.4 Å². The van der Waals surface area contributed by atoms with Gasteiger partial charge in [0.2, 0.25) is 0 Å². The second kappa shape index (κ2) is 8.78. The van der Waals surface area contributed by atoms with Gasteiger partial charge in [-0.15, -0.1) is 5.10 Å². The number of ether oxygens (including phenoxy) is 1. The van der Waals surface area contributed by atoms with Crippen LogP contribution in [0.5, 0.6) is 0 Å². The summed E-state index contributed by atoms with van der Waals surface area (Å²) in [6.07, 6.45) is 0.961. The highest BCUT2D eigenvalue weighted by molar-refractivity contribution is 5.88. The van der Waals surface area contributed by atoms with Gasteiger partial charge in [-0.2, -0.15) is 10.2 Å². The van der Waals surface area contributed by atoms with Crippen LogP contribution in [0, 0.1) is 18.3 Å². The molecule has 1 saturated heterocycles. The number of anilines is 2. The van der Waals surface area contributed by atoms with E-state index in [2.05, 4.69) is 28.8 Å². The van der Waals surface area contributed by atoms with Gasteiger partial charge in [0.25, 0.3) is 5.95 Å². The molecule has 5 aromatic rings. The zero-order valence-electron chi connectivity index (χ0n) is 19.4. The van der Waals surface area contributed by atoms with Crippen LogP contribution in [0.25, 0.3) is 22.4 Å². The van der Waals surface area contributed by atoms with Gasteiger partial charge in [0, 0.05) is 24.2 Å². The molecule has 0 aliphatic carbocycles. The highest BCUT2D eigenvalue weighted by Crippen LogP contribution is 2.28. The van der Waals surface area contributed by atoms with E-state index < -0.39 is 0 Å². The summed E-state index contributed by atoms with van der Waals surface area (Å²) in [5, 5.41) is 22.5. The molecular weight excluding hydrogens is 438 g/mol. The van der Waals surface area contributed by atoms with Crippen LogP contribution in [-0.4, -0.2) is 38.4 Å². The number of benzene rings is 2. The molecule has 8 heteroatoms. The van der Waals surface area contributed by atoms with Crippen LogP contribution >= 0.6 is 0 Å². The SMILES string of the molecule is Cc1cc2c(C#N)cccc2n1-c1nc(NCc2ccccc2)c2ccc(NC3CCOC3)n2n1. The standard InChI is InChI=1S/C27H25N7O/c1-18-14-22-20(15-28)8-5-9-23(22)33(18)27-31-26(29-16-19-6-3-2-4-7-19)24-10-11-25(34(24)32-27)30-21-12-13-35-17-21/h2-11,14,21,30H,12-13,16-17H2,1H3,(H,29,31,32). The molecule has 3 aromatic heterocycles. The van der Waals surface area contributed by atoms with Crippen molar-refractivity contribution in [3.63, 3.8) is 0 Å². The molecule has 8 nitrogen and oxygen atoms in total. The minimum atomic E-state index is 0.250. The fourth-order valence-electron chi connectivity index (χ4n) is 4.68. The number of nitriles is 1. The number of aromatic nitrogens is 4. The Hall–Kier alpha value is -4.35. The molecule has 0 spiro atoms. The molecule has 174 valence electrons. The predicted molar refractivity (Wildman–Crippen MR) is 136 cm³/mol. The van der Waals surface area contributed by atoms with Gasteiger partial charge in [0.15, 0.2) is 5.82 Å². The normalized spacial score (nSPS) is 15.5. The van der Waals surface area contributed by atoms with Crippen LogP contribution in [0.2, 0.25) is 0 Å². The molecule has 2 aromatic carbocycles. The lowest BCUT2D eigenvalue weighted by atomic mass is 10.1. The summed E-state index contributed by atoms with van der Waals surface area (Å²) in [5.41, 5.74) is 4.55. The van der Waals surface area contributed by atoms with Crippen LogP contribution in [0.4, 0.5) is 11.6 Å². The summed E-state index contributed by atoms with van der Waals surface area (Å²) >= 11 is 0. The minimum absolute atomic E-state index is 0.250. The van der Waals surface area contributed by atoms with Crippen molar-refractivity contribution < 1.29 is 4.74 Å². The van der Waals surface area contributed by atoms with E-state index in [0.29, 0.717) is 24.7 Å². The molecule has 1 atom stereocenters. The van der Waals surface area contributed by atoms with Crippen molar-refractivity contribution in [1.82, 2.24) is 19.2 Å². The van der Waals surface area contributed by atoms with E-state index in [0.717, 1.165) is 46.8 Å². The molecule has 0 bridgehead atoms. The molecule has 1 aliphatic heterocycles. The molecule has 2 N–H and O–H groups in total. The fourth-order valence-corrected chi connectivity index (χ4v) is 4.68. The van der Waals surface area contributed by atoms with E-state index in [1.54, 1.807) is 0 Å². The van der Waals surface area contributed by atoms with Crippen molar-refractivity contribution in [3.8, 4) is 12.0 Å². The summed E-state index contributed by atoms with van der Waals surface area (Å²) in [6, 6.07) is 24.6. The van der Waals surface area contributed by atoms with Gasteiger partial charge in [-0.3, -0.25) is 4.57 Å². The first-order chi connectivity index (χ1) is 17.2. The van der Waals surface area contributed by atoms with Crippen LogP contribution in [0.1, 0.15) is 23.2 Å². The smallest absolute Gasteiger partial charge is 0.254 e. The van der Waals surface area contributed by atoms with Crippen molar-refractivity contribution in [2.24, 2.45) is 0 Å². The number of nitrogens with zero attached hydrogens (tertiary/aromatic N) is 5. The van der Waals surface area contributed by atoms with Gasteiger partial charge in [-0.25, -0.2) is 4.52 Å². The Balaban J connectivity index is 1.49. The number of hydrogen-bond acceptors (Lipinski definition) is 6. The maximum absolute atomic E-state index is 9.59. The Bertz CT molecular complexity index is 1560. The topological polar surface area (TPSA) is 92.2 Å². The van der Waals surface area contributed by atoms with Crippen LogP contribution < -0.4 is 10.6 Å². The zero-order valence-corrected chi connectivity index (χ0v) is 19.4. The molecule has 0 saturated carbocycles. The predicted octanol–water partition coefficient (Wildman–Crippen LogP) is 4.67. The van der Waals surface area contributed by atoms with Crippen molar-refractivity contribution >= 4 is 28.1 Å². The number of nitrogens with one attached hydrogen (secondary N) is 2. The molecule has 6 rings (SSSR count). The summed E-state index contributed by atoms with van der Waals surface area (Å²) in [7, 11) is 0. The quantitative estimate of drug-likeness (QED) is 0.380. The van der Waals surface area contributed by atoms with Crippen molar-refractivity contribution in [2.75, 3.05) is 23.8 Å². The first-order valence-corrected chi connectivity index (χ1v) is 11.7. The molecule has 1 aliphatic rings. The molecular formula is C27H25N7O. The third kappa shape index (κ3) is 3.86. The third-order valence-corrected chi connectivity index (χ3v) is 6.43. The number of hydrogen-bond donors (Lipinski definition) is 2. The van der Waals surface area contributed by atoms with Gasteiger partial charge in [0.05, 0.1) is 29.8 Å². The number of rotatable bonds is 6. The van der Waals surface area contributed by atoms with Gasteiger partial charge in [-0.05, 0) is 49.2 Å². The summed E-state index contributed by atoms with van der Waals surface area (Å²) < 4.78 is 9.47. The average Bonchev–Trinajstić information content (AvgIpc) is 3.62. The summed E-state index contributed by atoms with van der Waals surface area (Å²) in [6.45, 7) is 4.10. The Morgan fingerprint density at radius 1 is 1.09 bits per heavy atom. The molecule has 0 radical (unpaired) electrons. The third-order valence-electron chi connectivity index (χ3n) is 6.43. The lowest BCUT2D eigenvalue weighted by molar-refractivity contribution is 0.195. The minimum Gasteiger partial charge on any atom is -0.379 e. The van der Waals surface area contributed by atoms with Crippen LogP contribution in [0.3, 0.4) is 0 Å². The molecule has 4 heterocycles. The molecule has 35 heavy (non-hydrogen) atoms. The van der Waals surface area contributed by atoms with E-state index in [9.17, 15) is 5.26 Å². The van der Waals surface area contributed by atoms with Gasteiger partial charge in [0.1, 0.15) is 11.3 Å². The number of fused-ring (bicyclic) bond motifs is 2. The summed E-state index contributed by atoms with van der Waals surface area (Å²) in [5.74, 6) is 2.18. The highest BCUT2D eigenvalue weighted by Gasteiger charge is 2.20. The first-order valence-electron chi connectivity index (χ1n) is 11.7. The van der Waals surface area contributed by atoms with E-state index in [1.807, 2.05) is 70.6 Å². The van der Waals surface area contributed by atoms with E-state index >= 15 is 0 Å². The Kier molecular flexibility index (Phi) is 5.32. The van der Waals surface area contributed by atoms with Gasteiger partial charge >= 0.3 is 0 Å². The van der Waals surface area contributed by atoms with Crippen molar-refractivity contribution in [2.45, 2.75) is 25.9 Å². The average molecular weight is 464 g/mol. The van der Waals surface area contributed by atoms with Crippen molar-refractivity contribution in [3.05, 3.63) is 83.6 Å². The maximum Gasteiger partial charge on any atom is 0.254 e. The summed E-state index contributed by atoms with van der Waals surface area (Å²) in [4.78, 5) is 4.95. The second-order valence-electron chi connectivity index (χ2n) is 8.79. The Morgan fingerprint density at radius 2 is 1.97 bits per heavy atom. The first kappa shape index (κ1) is 21.2. The van der Waals surface area contributed by atoms with Gasteiger partial charge in [-0.1, -0.05) is 36.4 Å². The number of aryl methyl sites for hydroxylation is 1. The van der Waals surface area contributed by atoms with E-state index in [4.69, 9.17) is 14.8 Å².